The summed E-state index contributed by atoms with van der Waals surface area (Å²) in [5.41, 5.74) is -1.06. The van der Waals surface area contributed by atoms with E-state index in [0.717, 1.165) is 18.9 Å². The molecule has 1 N–H and O–H groups in total. The third-order valence-corrected chi connectivity index (χ3v) is 5.22. The Kier molecular flexibility index (Phi) is 7.15. The number of hydrogen-bond donors (Lipinski definition) is 1. The summed E-state index contributed by atoms with van der Waals surface area (Å²) in [5.74, 6) is 1.25. The zero-order valence-corrected chi connectivity index (χ0v) is 18.1. The van der Waals surface area contributed by atoms with Gasteiger partial charge in [-0.15, -0.1) is 0 Å². The molecule has 0 unspecified atom stereocenters. The lowest BCUT2D eigenvalue weighted by molar-refractivity contribution is -0.135. The number of nitrogens with zero attached hydrogens (tertiary/aromatic N) is 3. The molecule has 1 saturated heterocycles. The number of carbonyl (C=O) groups is 2. The number of aromatic nitrogens is 1. The number of hydrogen-bond acceptors (Lipinski definition) is 5. The van der Waals surface area contributed by atoms with E-state index in [-0.39, 0.29) is 24.8 Å². The second-order valence-electron chi connectivity index (χ2n) is 7.63. The topological polar surface area (TPSA) is 74.8 Å². The van der Waals surface area contributed by atoms with Crippen molar-refractivity contribution in [1.29, 1.82) is 0 Å². The van der Waals surface area contributed by atoms with Crippen molar-refractivity contribution in [3.8, 4) is 5.75 Å². The van der Waals surface area contributed by atoms with Crippen molar-refractivity contribution in [2.24, 2.45) is 0 Å². The van der Waals surface area contributed by atoms with Crippen molar-refractivity contribution < 1.29 is 14.3 Å². The van der Waals surface area contributed by atoms with E-state index < -0.39 is 5.60 Å². The SMILES string of the molecule is CC(C)(Oc1ccc(Cl)cc1)C(=O)NCCC(=O)N1CCN(c2ccccn2)CC1. The predicted molar refractivity (Wildman–Crippen MR) is 117 cm³/mol. The lowest BCUT2D eigenvalue weighted by atomic mass is 10.1. The number of nitrogens with one attached hydrogen (secondary N) is 1. The Bertz CT molecular complexity index is 850. The fourth-order valence-corrected chi connectivity index (χ4v) is 3.35. The minimum absolute atomic E-state index is 0.0346. The molecule has 1 aliphatic heterocycles. The summed E-state index contributed by atoms with van der Waals surface area (Å²) in [7, 11) is 0. The molecule has 1 aromatic heterocycles. The summed E-state index contributed by atoms with van der Waals surface area (Å²) in [6, 6.07) is 12.7. The van der Waals surface area contributed by atoms with E-state index in [1.807, 2.05) is 23.1 Å². The molecule has 0 spiro atoms. The van der Waals surface area contributed by atoms with Crippen molar-refractivity contribution in [3.63, 3.8) is 0 Å². The highest BCUT2D eigenvalue weighted by Crippen LogP contribution is 2.21. The molecule has 3 rings (SSSR count). The Hall–Kier alpha value is -2.80. The first-order chi connectivity index (χ1) is 14.3. The number of anilines is 1. The normalized spacial score (nSPS) is 14.4. The van der Waals surface area contributed by atoms with Crippen LogP contribution in [0.2, 0.25) is 5.02 Å². The summed E-state index contributed by atoms with van der Waals surface area (Å²) in [6.45, 7) is 6.44. The fourth-order valence-electron chi connectivity index (χ4n) is 3.22. The monoisotopic (exact) mass is 430 g/mol. The van der Waals surface area contributed by atoms with E-state index in [1.165, 1.54) is 0 Å². The van der Waals surface area contributed by atoms with Crippen LogP contribution in [0.1, 0.15) is 20.3 Å². The van der Waals surface area contributed by atoms with Gasteiger partial charge in [0.2, 0.25) is 5.91 Å². The molecule has 0 atom stereocenters. The average molecular weight is 431 g/mol. The Morgan fingerprint density at radius 2 is 1.80 bits per heavy atom. The van der Waals surface area contributed by atoms with Gasteiger partial charge >= 0.3 is 0 Å². The van der Waals surface area contributed by atoms with E-state index in [0.29, 0.717) is 23.9 Å². The van der Waals surface area contributed by atoms with E-state index >= 15 is 0 Å². The molecule has 2 heterocycles. The maximum atomic E-state index is 12.5. The second kappa shape index (κ2) is 9.80. The molecule has 2 amide bonds. The Morgan fingerprint density at radius 3 is 2.43 bits per heavy atom. The van der Waals surface area contributed by atoms with Crippen molar-refractivity contribution in [3.05, 3.63) is 53.7 Å². The van der Waals surface area contributed by atoms with Crippen LogP contribution < -0.4 is 15.0 Å². The molecule has 0 radical (unpaired) electrons. The van der Waals surface area contributed by atoms with Gasteiger partial charge in [0, 0.05) is 50.4 Å². The van der Waals surface area contributed by atoms with Gasteiger partial charge in [0.25, 0.3) is 5.91 Å². The van der Waals surface area contributed by atoms with Crippen LogP contribution in [-0.4, -0.2) is 60.0 Å². The first kappa shape index (κ1) is 21.9. The van der Waals surface area contributed by atoms with Gasteiger partial charge in [-0.25, -0.2) is 4.98 Å². The molecule has 0 bridgehead atoms. The lowest BCUT2D eigenvalue weighted by Gasteiger charge is -2.35. The van der Waals surface area contributed by atoms with Crippen LogP contribution in [0.15, 0.2) is 48.7 Å². The predicted octanol–water partition coefficient (Wildman–Crippen LogP) is 2.75. The molecule has 0 aliphatic carbocycles. The molecule has 2 aromatic rings. The zero-order valence-electron chi connectivity index (χ0n) is 17.3. The largest absolute Gasteiger partial charge is 0.478 e. The third kappa shape index (κ3) is 5.86. The van der Waals surface area contributed by atoms with Gasteiger partial charge in [-0.3, -0.25) is 9.59 Å². The number of piperazine rings is 1. The van der Waals surface area contributed by atoms with E-state index in [9.17, 15) is 9.59 Å². The van der Waals surface area contributed by atoms with Gasteiger partial charge in [0.05, 0.1) is 0 Å². The molecule has 1 aliphatic rings. The van der Waals surface area contributed by atoms with Crippen LogP contribution >= 0.6 is 11.6 Å². The number of carbonyl (C=O) groups excluding carboxylic acids is 2. The Labute approximate surface area is 182 Å². The average Bonchev–Trinajstić information content (AvgIpc) is 2.76. The van der Waals surface area contributed by atoms with Crippen LogP contribution in [0, 0.1) is 0 Å². The summed E-state index contributed by atoms with van der Waals surface area (Å²) >= 11 is 5.87. The number of pyridine rings is 1. The molecular weight excluding hydrogens is 404 g/mol. The van der Waals surface area contributed by atoms with Gasteiger partial charge < -0.3 is 19.9 Å². The number of rotatable bonds is 7. The molecule has 0 saturated carbocycles. The van der Waals surface area contributed by atoms with Crippen molar-refractivity contribution in [2.75, 3.05) is 37.6 Å². The van der Waals surface area contributed by atoms with Crippen LogP contribution in [0.25, 0.3) is 0 Å². The summed E-state index contributed by atoms with van der Waals surface area (Å²) in [6.07, 6.45) is 2.03. The first-order valence-electron chi connectivity index (χ1n) is 10.0. The van der Waals surface area contributed by atoms with Gasteiger partial charge in [0.15, 0.2) is 5.60 Å². The van der Waals surface area contributed by atoms with E-state index in [4.69, 9.17) is 16.3 Å². The first-order valence-corrected chi connectivity index (χ1v) is 10.4. The molecule has 30 heavy (non-hydrogen) atoms. The number of ether oxygens (including phenoxy) is 1. The van der Waals surface area contributed by atoms with Gasteiger partial charge in [-0.1, -0.05) is 17.7 Å². The van der Waals surface area contributed by atoms with Gasteiger partial charge in [0.1, 0.15) is 11.6 Å². The highest BCUT2D eigenvalue weighted by Gasteiger charge is 2.30. The molecule has 160 valence electrons. The van der Waals surface area contributed by atoms with Crippen LogP contribution in [-0.2, 0) is 9.59 Å². The highest BCUT2D eigenvalue weighted by atomic mass is 35.5. The smallest absolute Gasteiger partial charge is 0.263 e. The van der Waals surface area contributed by atoms with Crippen LogP contribution in [0.4, 0.5) is 5.82 Å². The lowest BCUT2D eigenvalue weighted by Crippen LogP contribution is -2.50. The standard InChI is InChI=1S/C22H27ClN4O3/c1-22(2,30-18-8-6-17(23)7-9-18)21(29)25-12-10-20(28)27-15-13-26(14-16-27)19-5-3-4-11-24-19/h3-9,11H,10,12-16H2,1-2H3,(H,25,29). The molecular formula is C22H27ClN4O3. The maximum absolute atomic E-state index is 12.5. The quantitative estimate of drug-likeness (QED) is 0.731. The van der Waals surface area contributed by atoms with Gasteiger partial charge in [-0.05, 0) is 50.2 Å². The van der Waals surface area contributed by atoms with Crippen molar-refractivity contribution in [2.45, 2.75) is 25.9 Å². The summed E-state index contributed by atoms with van der Waals surface area (Å²) in [5, 5.41) is 3.40. The second-order valence-corrected chi connectivity index (χ2v) is 8.06. The van der Waals surface area contributed by atoms with E-state index in [1.54, 1.807) is 44.3 Å². The maximum Gasteiger partial charge on any atom is 0.263 e. The molecule has 7 nitrogen and oxygen atoms in total. The summed E-state index contributed by atoms with van der Waals surface area (Å²) < 4.78 is 5.77. The number of amides is 2. The fraction of sp³-hybridized carbons (Fsp3) is 0.409. The molecule has 1 fully saturated rings. The Balaban J connectivity index is 1.40. The van der Waals surface area contributed by atoms with E-state index in [2.05, 4.69) is 15.2 Å². The summed E-state index contributed by atoms with van der Waals surface area (Å²) in [4.78, 5) is 33.3. The van der Waals surface area contributed by atoms with Crippen molar-refractivity contribution >= 4 is 29.2 Å². The minimum Gasteiger partial charge on any atom is -0.478 e. The molecule has 1 aromatic carbocycles. The number of benzene rings is 1. The van der Waals surface area contributed by atoms with Crippen LogP contribution in [0.3, 0.4) is 0 Å². The minimum atomic E-state index is -1.06. The van der Waals surface area contributed by atoms with Crippen LogP contribution in [0.5, 0.6) is 5.75 Å². The third-order valence-electron chi connectivity index (χ3n) is 4.96. The Morgan fingerprint density at radius 1 is 1.10 bits per heavy atom. The van der Waals surface area contributed by atoms with Crippen molar-refractivity contribution in [1.82, 2.24) is 15.2 Å². The molecule has 8 heteroatoms. The zero-order chi connectivity index (χ0) is 21.6. The van der Waals surface area contributed by atoms with Gasteiger partial charge in [-0.2, -0.15) is 0 Å². The highest BCUT2D eigenvalue weighted by molar-refractivity contribution is 6.30. The number of halogens is 1.